The molecular formula is C22H24N2O3. The summed E-state index contributed by atoms with van der Waals surface area (Å²) >= 11 is 0. The Balaban J connectivity index is 1.26. The Bertz CT molecular complexity index is 895. The Morgan fingerprint density at radius 3 is 2.85 bits per heavy atom. The van der Waals surface area contributed by atoms with Crippen LogP contribution in [0.1, 0.15) is 28.8 Å². The maximum atomic E-state index is 12.3. The van der Waals surface area contributed by atoms with Gasteiger partial charge in [0.25, 0.3) is 5.91 Å². The van der Waals surface area contributed by atoms with Gasteiger partial charge in [0.15, 0.2) is 0 Å². The van der Waals surface area contributed by atoms with Crippen LogP contribution in [0.2, 0.25) is 0 Å². The van der Waals surface area contributed by atoms with Crippen molar-refractivity contribution in [3.63, 3.8) is 0 Å². The van der Waals surface area contributed by atoms with Crippen molar-refractivity contribution in [3.8, 4) is 5.75 Å². The van der Waals surface area contributed by atoms with Gasteiger partial charge in [-0.15, -0.1) is 0 Å². The van der Waals surface area contributed by atoms with Crippen LogP contribution in [0, 0.1) is 0 Å². The molecule has 0 spiro atoms. The summed E-state index contributed by atoms with van der Waals surface area (Å²) < 4.78 is 11.3. The molecule has 27 heavy (non-hydrogen) atoms. The van der Waals surface area contributed by atoms with Crippen molar-refractivity contribution in [1.29, 1.82) is 0 Å². The zero-order valence-electron chi connectivity index (χ0n) is 15.2. The SMILES string of the molecule is O=C(NCCc1c[nH]c2ccccc12)c1ccc(OCC2CCCO2)cc1. The van der Waals surface area contributed by atoms with Gasteiger partial charge >= 0.3 is 0 Å². The fourth-order valence-electron chi connectivity index (χ4n) is 3.42. The molecule has 1 aromatic heterocycles. The van der Waals surface area contributed by atoms with E-state index in [9.17, 15) is 4.79 Å². The molecule has 0 bridgehead atoms. The van der Waals surface area contributed by atoms with Crippen molar-refractivity contribution in [2.24, 2.45) is 0 Å². The van der Waals surface area contributed by atoms with Gasteiger partial charge in [-0.2, -0.15) is 0 Å². The molecule has 0 radical (unpaired) electrons. The van der Waals surface area contributed by atoms with Crippen molar-refractivity contribution in [3.05, 3.63) is 65.9 Å². The minimum Gasteiger partial charge on any atom is -0.491 e. The highest BCUT2D eigenvalue weighted by molar-refractivity contribution is 5.94. The first kappa shape index (κ1) is 17.6. The van der Waals surface area contributed by atoms with Gasteiger partial charge in [-0.1, -0.05) is 18.2 Å². The third-order valence-corrected chi connectivity index (χ3v) is 4.93. The second-order valence-corrected chi connectivity index (χ2v) is 6.84. The fraction of sp³-hybridized carbons (Fsp3) is 0.318. The topological polar surface area (TPSA) is 63.4 Å². The lowest BCUT2D eigenvalue weighted by Crippen LogP contribution is -2.25. The third-order valence-electron chi connectivity index (χ3n) is 4.93. The van der Waals surface area contributed by atoms with Gasteiger partial charge in [0.1, 0.15) is 12.4 Å². The summed E-state index contributed by atoms with van der Waals surface area (Å²) in [4.78, 5) is 15.6. The van der Waals surface area contributed by atoms with Crippen LogP contribution in [-0.2, 0) is 11.2 Å². The van der Waals surface area contributed by atoms with E-state index < -0.39 is 0 Å². The number of aromatic amines is 1. The van der Waals surface area contributed by atoms with Gasteiger partial charge in [-0.05, 0) is 55.2 Å². The van der Waals surface area contributed by atoms with Gasteiger partial charge < -0.3 is 19.8 Å². The number of carbonyl (C=O) groups is 1. The lowest BCUT2D eigenvalue weighted by molar-refractivity contribution is 0.0679. The molecule has 2 heterocycles. The largest absolute Gasteiger partial charge is 0.491 e. The molecule has 2 aromatic carbocycles. The molecule has 3 aromatic rings. The van der Waals surface area contributed by atoms with E-state index in [4.69, 9.17) is 9.47 Å². The Morgan fingerprint density at radius 1 is 1.19 bits per heavy atom. The maximum absolute atomic E-state index is 12.3. The van der Waals surface area contributed by atoms with E-state index in [1.807, 2.05) is 30.5 Å². The highest BCUT2D eigenvalue weighted by Crippen LogP contribution is 2.18. The van der Waals surface area contributed by atoms with Gasteiger partial charge in [-0.25, -0.2) is 0 Å². The summed E-state index contributed by atoms with van der Waals surface area (Å²) in [5.74, 6) is 0.696. The molecule has 5 nitrogen and oxygen atoms in total. The average Bonchev–Trinajstić information content (AvgIpc) is 3.37. The number of hydrogen-bond acceptors (Lipinski definition) is 3. The van der Waals surface area contributed by atoms with Crippen LogP contribution >= 0.6 is 0 Å². The van der Waals surface area contributed by atoms with E-state index in [1.165, 1.54) is 10.9 Å². The first-order chi connectivity index (χ1) is 13.3. The summed E-state index contributed by atoms with van der Waals surface area (Å²) in [6, 6.07) is 15.5. The second kappa shape index (κ2) is 8.27. The van der Waals surface area contributed by atoms with E-state index in [2.05, 4.69) is 22.4 Å². The minimum atomic E-state index is -0.0690. The molecule has 0 aliphatic carbocycles. The van der Waals surface area contributed by atoms with Crippen molar-refractivity contribution in [2.75, 3.05) is 19.8 Å². The van der Waals surface area contributed by atoms with Crippen LogP contribution in [0.15, 0.2) is 54.7 Å². The van der Waals surface area contributed by atoms with E-state index >= 15 is 0 Å². The van der Waals surface area contributed by atoms with Crippen LogP contribution in [0.25, 0.3) is 10.9 Å². The van der Waals surface area contributed by atoms with Crippen LogP contribution < -0.4 is 10.1 Å². The molecule has 4 rings (SSSR count). The average molecular weight is 364 g/mol. The lowest BCUT2D eigenvalue weighted by atomic mass is 10.1. The molecule has 1 amide bonds. The predicted octanol–water partition coefficient (Wildman–Crippen LogP) is 3.70. The highest BCUT2D eigenvalue weighted by Gasteiger charge is 2.16. The maximum Gasteiger partial charge on any atom is 0.251 e. The lowest BCUT2D eigenvalue weighted by Gasteiger charge is -2.11. The number of carbonyl (C=O) groups excluding carboxylic acids is 1. The van der Waals surface area contributed by atoms with E-state index in [-0.39, 0.29) is 12.0 Å². The zero-order chi connectivity index (χ0) is 18.5. The second-order valence-electron chi connectivity index (χ2n) is 6.84. The number of ether oxygens (including phenoxy) is 2. The first-order valence-electron chi connectivity index (χ1n) is 9.47. The molecule has 1 saturated heterocycles. The number of rotatable bonds is 7. The number of H-pyrrole nitrogens is 1. The summed E-state index contributed by atoms with van der Waals surface area (Å²) in [5.41, 5.74) is 2.97. The molecule has 5 heteroatoms. The number of amides is 1. The predicted molar refractivity (Wildman–Crippen MR) is 105 cm³/mol. The molecule has 1 fully saturated rings. The highest BCUT2D eigenvalue weighted by atomic mass is 16.5. The number of hydrogen-bond donors (Lipinski definition) is 2. The molecular weight excluding hydrogens is 340 g/mol. The smallest absolute Gasteiger partial charge is 0.251 e. The normalized spacial score (nSPS) is 16.5. The number of nitrogens with one attached hydrogen (secondary N) is 2. The van der Waals surface area contributed by atoms with E-state index in [0.717, 1.165) is 37.1 Å². The zero-order valence-corrected chi connectivity index (χ0v) is 15.2. The Kier molecular flexibility index (Phi) is 5.39. The third kappa shape index (κ3) is 4.31. The number of benzene rings is 2. The molecule has 1 aliphatic rings. The molecule has 2 N–H and O–H groups in total. The van der Waals surface area contributed by atoms with E-state index in [0.29, 0.717) is 18.7 Å². The molecule has 1 aliphatic heterocycles. The monoisotopic (exact) mass is 364 g/mol. The van der Waals surface area contributed by atoms with Gasteiger partial charge in [0.2, 0.25) is 0 Å². The van der Waals surface area contributed by atoms with Crippen molar-refractivity contribution in [2.45, 2.75) is 25.4 Å². The molecule has 1 atom stereocenters. The van der Waals surface area contributed by atoms with Gasteiger partial charge in [-0.3, -0.25) is 4.79 Å². The summed E-state index contributed by atoms with van der Waals surface area (Å²) in [6.45, 7) is 1.99. The van der Waals surface area contributed by atoms with Crippen molar-refractivity contribution < 1.29 is 14.3 Å². The number of para-hydroxylation sites is 1. The Morgan fingerprint density at radius 2 is 2.04 bits per heavy atom. The van der Waals surface area contributed by atoms with Crippen LogP contribution in [-0.4, -0.2) is 36.8 Å². The first-order valence-corrected chi connectivity index (χ1v) is 9.47. The van der Waals surface area contributed by atoms with Gasteiger partial charge in [0.05, 0.1) is 6.10 Å². The Labute approximate surface area is 158 Å². The fourth-order valence-corrected chi connectivity index (χ4v) is 3.42. The summed E-state index contributed by atoms with van der Waals surface area (Å²) in [5, 5.41) is 4.19. The summed E-state index contributed by atoms with van der Waals surface area (Å²) in [6.07, 6.45) is 5.15. The number of aromatic nitrogens is 1. The van der Waals surface area contributed by atoms with Crippen LogP contribution in [0.5, 0.6) is 5.75 Å². The standard InChI is InChI=1S/C22H24N2O3/c25-22(23-12-11-17-14-24-21-6-2-1-5-20(17)21)16-7-9-18(10-8-16)27-15-19-4-3-13-26-19/h1-2,5-10,14,19,24H,3-4,11-13,15H2,(H,23,25). The Hall–Kier alpha value is -2.79. The molecule has 140 valence electrons. The van der Waals surface area contributed by atoms with E-state index in [1.54, 1.807) is 12.1 Å². The van der Waals surface area contributed by atoms with Crippen molar-refractivity contribution >= 4 is 16.8 Å². The van der Waals surface area contributed by atoms with Crippen LogP contribution in [0.4, 0.5) is 0 Å². The van der Waals surface area contributed by atoms with Crippen molar-refractivity contribution in [1.82, 2.24) is 10.3 Å². The molecule has 0 saturated carbocycles. The summed E-state index contributed by atoms with van der Waals surface area (Å²) in [7, 11) is 0. The minimum absolute atomic E-state index is 0.0690. The van der Waals surface area contributed by atoms with Crippen LogP contribution in [0.3, 0.4) is 0 Å². The van der Waals surface area contributed by atoms with Gasteiger partial charge in [0, 0.05) is 35.8 Å². The molecule has 1 unspecified atom stereocenters. The quantitative estimate of drug-likeness (QED) is 0.672. The number of fused-ring (bicyclic) bond motifs is 1.